The highest BCUT2D eigenvalue weighted by molar-refractivity contribution is 5.90. The van der Waals surface area contributed by atoms with Crippen LogP contribution in [0, 0.1) is 5.82 Å². The predicted molar refractivity (Wildman–Crippen MR) is 94.8 cm³/mol. The molecule has 25 heavy (non-hydrogen) atoms. The van der Waals surface area contributed by atoms with Gasteiger partial charge in [0.05, 0.1) is 11.7 Å². The van der Waals surface area contributed by atoms with Gasteiger partial charge in [0.15, 0.2) is 0 Å². The number of nitrogens with zero attached hydrogens (tertiary/aromatic N) is 2. The fourth-order valence-corrected chi connectivity index (χ4v) is 3.34. The number of benzene rings is 2. The van der Waals surface area contributed by atoms with Crippen LogP contribution in [0.5, 0.6) is 0 Å². The van der Waals surface area contributed by atoms with E-state index in [-0.39, 0.29) is 17.8 Å². The summed E-state index contributed by atoms with van der Waals surface area (Å²) in [4.78, 5) is 14.6. The number of carbonyl (C=O) groups excluding carboxylic acids is 1. The number of carbonyl (C=O) groups is 1. The Morgan fingerprint density at radius 1 is 0.960 bits per heavy atom. The number of rotatable bonds is 2. The van der Waals surface area contributed by atoms with Gasteiger partial charge in [-0.3, -0.25) is 0 Å². The summed E-state index contributed by atoms with van der Waals surface area (Å²) in [6.45, 7) is 1.28. The zero-order valence-corrected chi connectivity index (χ0v) is 13.6. The first-order chi connectivity index (χ1) is 12.2. The monoisotopic (exact) mass is 335 g/mol. The van der Waals surface area contributed by atoms with Crippen LogP contribution in [-0.2, 0) is 6.54 Å². The second-order valence-electron chi connectivity index (χ2n) is 6.04. The van der Waals surface area contributed by atoms with Crippen molar-refractivity contribution in [2.45, 2.75) is 12.6 Å². The zero-order chi connectivity index (χ0) is 17.2. The van der Waals surface area contributed by atoms with Gasteiger partial charge in [0.2, 0.25) is 0 Å². The normalized spacial score (nSPS) is 16.4. The largest absolute Gasteiger partial charge is 0.348 e. The summed E-state index contributed by atoms with van der Waals surface area (Å²) in [5.74, 6) is -0.438. The molecule has 3 aromatic rings. The minimum Gasteiger partial charge on any atom is -0.348 e. The Hall–Kier alpha value is -3.08. The number of urea groups is 1. The van der Waals surface area contributed by atoms with Crippen LogP contribution in [0.1, 0.15) is 17.3 Å². The molecule has 0 saturated carbocycles. The van der Waals surface area contributed by atoms with Gasteiger partial charge in [-0.15, -0.1) is 0 Å². The molecule has 0 fully saturated rings. The fourth-order valence-electron chi connectivity index (χ4n) is 3.34. The third kappa shape index (κ3) is 2.89. The Morgan fingerprint density at radius 3 is 2.52 bits per heavy atom. The lowest BCUT2D eigenvalue weighted by Crippen LogP contribution is -2.44. The Bertz CT molecular complexity index is 891. The van der Waals surface area contributed by atoms with E-state index >= 15 is 0 Å². The first-order valence-corrected chi connectivity index (χ1v) is 8.26. The molecule has 1 N–H and O–H groups in total. The van der Waals surface area contributed by atoms with Crippen molar-refractivity contribution in [3.05, 3.63) is 90.0 Å². The van der Waals surface area contributed by atoms with Crippen LogP contribution in [0.15, 0.2) is 72.9 Å². The summed E-state index contributed by atoms with van der Waals surface area (Å²) >= 11 is 0. The van der Waals surface area contributed by atoms with E-state index in [2.05, 4.69) is 9.88 Å². The molecular formula is C20H18FN3O. The fraction of sp³-hybridized carbons (Fsp3) is 0.150. The number of anilines is 1. The van der Waals surface area contributed by atoms with E-state index < -0.39 is 5.82 Å². The van der Waals surface area contributed by atoms with Crippen LogP contribution in [-0.4, -0.2) is 22.0 Å². The number of fused-ring (bicyclic) bond motifs is 1. The molecule has 2 amide bonds. The number of hydrogen-bond donors (Lipinski definition) is 1. The van der Waals surface area contributed by atoms with Crippen molar-refractivity contribution < 1.29 is 9.18 Å². The van der Waals surface area contributed by atoms with Crippen LogP contribution in [0.2, 0.25) is 0 Å². The molecule has 1 aliphatic rings. The highest BCUT2D eigenvalue weighted by Crippen LogP contribution is 2.32. The van der Waals surface area contributed by atoms with Crippen LogP contribution < -0.4 is 5.32 Å². The van der Waals surface area contributed by atoms with Crippen molar-refractivity contribution in [2.24, 2.45) is 0 Å². The first kappa shape index (κ1) is 15.4. The average Bonchev–Trinajstić information content (AvgIpc) is 3.12. The Kier molecular flexibility index (Phi) is 3.98. The van der Waals surface area contributed by atoms with Gasteiger partial charge in [0.1, 0.15) is 5.82 Å². The summed E-state index contributed by atoms with van der Waals surface area (Å²) in [5.41, 5.74) is 2.28. The van der Waals surface area contributed by atoms with Gasteiger partial charge in [-0.2, -0.15) is 0 Å². The van der Waals surface area contributed by atoms with E-state index in [9.17, 15) is 9.18 Å². The van der Waals surface area contributed by atoms with Crippen molar-refractivity contribution in [1.82, 2.24) is 9.47 Å². The Balaban J connectivity index is 1.68. The van der Waals surface area contributed by atoms with Gasteiger partial charge in [-0.25, -0.2) is 9.18 Å². The number of para-hydroxylation sites is 1. The number of hydrogen-bond acceptors (Lipinski definition) is 1. The molecule has 0 saturated heterocycles. The molecule has 0 unspecified atom stereocenters. The molecular weight excluding hydrogens is 317 g/mol. The van der Waals surface area contributed by atoms with Gasteiger partial charge in [0, 0.05) is 25.0 Å². The summed E-state index contributed by atoms with van der Waals surface area (Å²) < 4.78 is 16.0. The molecule has 4 rings (SSSR count). The van der Waals surface area contributed by atoms with Crippen LogP contribution in [0.3, 0.4) is 0 Å². The maximum atomic E-state index is 13.9. The van der Waals surface area contributed by atoms with Crippen molar-refractivity contribution in [2.75, 3.05) is 11.9 Å². The molecule has 2 heterocycles. The van der Waals surface area contributed by atoms with Gasteiger partial charge >= 0.3 is 6.03 Å². The number of aromatic nitrogens is 1. The quantitative estimate of drug-likeness (QED) is 0.746. The average molecular weight is 335 g/mol. The van der Waals surface area contributed by atoms with Gasteiger partial charge < -0.3 is 14.8 Å². The Labute approximate surface area is 145 Å². The number of amides is 2. The molecule has 4 nitrogen and oxygen atoms in total. The van der Waals surface area contributed by atoms with E-state index in [1.165, 1.54) is 6.07 Å². The Morgan fingerprint density at radius 2 is 1.72 bits per heavy atom. The molecule has 0 bridgehead atoms. The summed E-state index contributed by atoms with van der Waals surface area (Å²) in [7, 11) is 0. The third-order valence-electron chi connectivity index (χ3n) is 4.53. The van der Waals surface area contributed by atoms with Crippen molar-refractivity contribution >= 4 is 11.7 Å². The number of halogens is 1. The van der Waals surface area contributed by atoms with Crippen LogP contribution >= 0.6 is 0 Å². The van der Waals surface area contributed by atoms with E-state index in [0.717, 1.165) is 17.8 Å². The van der Waals surface area contributed by atoms with Gasteiger partial charge in [0.25, 0.3) is 0 Å². The molecule has 1 atom stereocenters. The van der Waals surface area contributed by atoms with E-state index in [1.807, 2.05) is 48.7 Å². The molecule has 2 aromatic carbocycles. The molecule has 1 aliphatic heterocycles. The molecule has 0 radical (unpaired) electrons. The highest BCUT2D eigenvalue weighted by atomic mass is 19.1. The molecule has 5 heteroatoms. The minimum atomic E-state index is -0.438. The standard InChI is InChI=1S/C20H18FN3O/c21-16-9-4-5-10-17(16)22-20(25)24-14-13-23-12-6-11-18(23)19(24)15-7-2-1-3-8-15/h1-12,19H,13-14H2,(H,22,25)/t19-/m1/s1. The second-order valence-corrected chi connectivity index (χ2v) is 6.04. The van der Waals surface area contributed by atoms with E-state index in [4.69, 9.17) is 0 Å². The van der Waals surface area contributed by atoms with Crippen molar-refractivity contribution in [1.29, 1.82) is 0 Å². The second kappa shape index (κ2) is 6.43. The highest BCUT2D eigenvalue weighted by Gasteiger charge is 2.32. The lowest BCUT2D eigenvalue weighted by Gasteiger charge is -2.37. The zero-order valence-electron chi connectivity index (χ0n) is 13.6. The molecule has 126 valence electrons. The summed E-state index contributed by atoms with van der Waals surface area (Å²) in [5, 5.41) is 2.71. The van der Waals surface area contributed by atoms with E-state index in [0.29, 0.717) is 6.54 Å². The number of nitrogens with one attached hydrogen (secondary N) is 1. The van der Waals surface area contributed by atoms with Crippen LogP contribution in [0.25, 0.3) is 0 Å². The minimum absolute atomic E-state index is 0.195. The third-order valence-corrected chi connectivity index (χ3v) is 4.53. The lowest BCUT2D eigenvalue weighted by atomic mass is 10.0. The maximum Gasteiger partial charge on any atom is 0.322 e. The molecule has 0 aliphatic carbocycles. The predicted octanol–water partition coefficient (Wildman–Crippen LogP) is 4.26. The first-order valence-electron chi connectivity index (χ1n) is 8.26. The van der Waals surface area contributed by atoms with Gasteiger partial charge in [-0.1, -0.05) is 42.5 Å². The van der Waals surface area contributed by atoms with Gasteiger partial charge in [-0.05, 0) is 29.8 Å². The molecule has 0 spiro atoms. The SMILES string of the molecule is O=C(Nc1ccccc1F)N1CCn2cccc2[C@H]1c1ccccc1. The molecule has 1 aromatic heterocycles. The smallest absolute Gasteiger partial charge is 0.322 e. The maximum absolute atomic E-state index is 13.9. The van der Waals surface area contributed by atoms with Crippen molar-refractivity contribution in [3.8, 4) is 0 Å². The van der Waals surface area contributed by atoms with E-state index in [1.54, 1.807) is 23.1 Å². The van der Waals surface area contributed by atoms with Crippen LogP contribution in [0.4, 0.5) is 14.9 Å². The topological polar surface area (TPSA) is 37.3 Å². The lowest BCUT2D eigenvalue weighted by molar-refractivity contribution is 0.181. The summed E-state index contributed by atoms with van der Waals surface area (Å²) in [6, 6.07) is 19.6. The van der Waals surface area contributed by atoms with Crippen molar-refractivity contribution in [3.63, 3.8) is 0 Å². The summed E-state index contributed by atoms with van der Waals surface area (Å²) in [6.07, 6.45) is 2.03.